The zero-order chi connectivity index (χ0) is 16.0. The van der Waals surface area contributed by atoms with Gasteiger partial charge in [-0.2, -0.15) is 0 Å². The summed E-state index contributed by atoms with van der Waals surface area (Å²) in [6.07, 6.45) is 5.35. The lowest BCUT2D eigenvalue weighted by atomic mass is 9.75. The van der Waals surface area contributed by atoms with Gasteiger partial charge in [0.15, 0.2) is 0 Å². The number of rotatable bonds is 2. The number of anilines is 1. The summed E-state index contributed by atoms with van der Waals surface area (Å²) < 4.78 is 0. The number of hydrogen-bond donors (Lipinski definition) is 2. The van der Waals surface area contributed by atoms with E-state index in [4.69, 9.17) is 0 Å². The smallest absolute Gasteiger partial charge is 0.336 e. The van der Waals surface area contributed by atoms with Crippen molar-refractivity contribution in [3.63, 3.8) is 0 Å². The van der Waals surface area contributed by atoms with Crippen LogP contribution in [0.15, 0.2) is 54.6 Å². The van der Waals surface area contributed by atoms with Crippen LogP contribution in [-0.2, 0) is 0 Å². The molecule has 1 aliphatic heterocycles. The van der Waals surface area contributed by atoms with Gasteiger partial charge in [-0.25, -0.2) is 4.79 Å². The van der Waals surface area contributed by atoms with Gasteiger partial charge < -0.3 is 10.4 Å². The zero-order valence-corrected chi connectivity index (χ0v) is 13.0. The Balaban J connectivity index is 1.89. The number of hydrogen-bond acceptors (Lipinski definition) is 2. The van der Waals surface area contributed by atoms with Gasteiger partial charge in [0.25, 0.3) is 0 Å². The molecule has 0 spiro atoms. The van der Waals surface area contributed by atoms with Gasteiger partial charge in [-0.3, -0.25) is 0 Å². The van der Waals surface area contributed by atoms with Crippen molar-refractivity contribution in [1.29, 1.82) is 0 Å². The number of carboxylic acid groups (broad SMARTS) is 1. The van der Waals surface area contributed by atoms with Crippen molar-refractivity contribution in [3.05, 3.63) is 76.9 Å². The highest BCUT2D eigenvalue weighted by Crippen LogP contribution is 2.51. The standard InChI is InChI=1S/C20H19NO2/c1-12-10-11-16(20(22)23)17-14-8-5-9-15(14)19(21-18(12)17)13-6-3-2-4-7-13/h2-8,10-11,14-15,19,21H,9H2,1H3,(H,22,23). The van der Waals surface area contributed by atoms with Crippen LogP contribution in [0.4, 0.5) is 5.69 Å². The van der Waals surface area contributed by atoms with Crippen LogP contribution in [0.3, 0.4) is 0 Å². The first-order valence-electron chi connectivity index (χ1n) is 8.01. The van der Waals surface area contributed by atoms with Crippen LogP contribution < -0.4 is 5.32 Å². The van der Waals surface area contributed by atoms with E-state index in [2.05, 4.69) is 41.7 Å². The minimum Gasteiger partial charge on any atom is -0.478 e. The van der Waals surface area contributed by atoms with E-state index in [0.717, 1.165) is 23.2 Å². The van der Waals surface area contributed by atoms with E-state index in [1.54, 1.807) is 6.07 Å². The van der Waals surface area contributed by atoms with Crippen molar-refractivity contribution in [2.45, 2.75) is 25.3 Å². The summed E-state index contributed by atoms with van der Waals surface area (Å²) in [5.74, 6) is -0.312. The Labute approximate surface area is 135 Å². The predicted octanol–water partition coefficient (Wildman–Crippen LogP) is 4.52. The molecule has 3 atom stereocenters. The summed E-state index contributed by atoms with van der Waals surface area (Å²) in [4.78, 5) is 11.7. The molecule has 0 fully saturated rings. The number of benzene rings is 2. The summed E-state index contributed by atoms with van der Waals surface area (Å²) >= 11 is 0. The molecule has 4 rings (SSSR count). The second-order valence-corrected chi connectivity index (χ2v) is 6.41. The lowest BCUT2D eigenvalue weighted by Crippen LogP contribution is -2.31. The maximum atomic E-state index is 11.7. The highest BCUT2D eigenvalue weighted by atomic mass is 16.4. The molecule has 0 saturated carbocycles. The van der Waals surface area contributed by atoms with Crippen molar-refractivity contribution >= 4 is 11.7 Å². The van der Waals surface area contributed by atoms with E-state index < -0.39 is 5.97 Å². The van der Waals surface area contributed by atoms with E-state index in [1.807, 2.05) is 19.1 Å². The average Bonchev–Trinajstić information content (AvgIpc) is 3.05. The molecule has 0 bridgehead atoms. The summed E-state index contributed by atoms with van der Waals surface area (Å²) in [5, 5.41) is 13.2. The van der Waals surface area contributed by atoms with Crippen LogP contribution in [0.5, 0.6) is 0 Å². The number of nitrogens with one attached hydrogen (secondary N) is 1. The fourth-order valence-electron chi connectivity index (χ4n) is 4.03. The van der Waals surface area contributed by atoms with Crippen molar-refractivity contribution in [2.75, 3.05) is 5.32 Å². The van der Waals surface area contributed by atoms with Crippen LogP contribution in [0.25, 0.3) is 0 Å². The number of fused-ring (bicyclic) bond motifs is 3. The molecule has 0 aromatic heterocycles. The third-order valence-corrected chi connectivity index (χ3v) is 5.12. The lowest BCUT2D eigenvalue weighted by Gasteiger charge is -2.39. The summed E-state index contributed by atoms with van der Waals surface area (Å²) in [7, 11) is 0. The van der Waals surface area contributed by atoms with Gasteiger partial charge in [0, 0.05) is 11.6 Å². The lowest BCUT2D eigenvalue weighted by molar-refractivity contribution is 0.0695. The molecule has 2 aromatic carbocycles. The molecule has 116 valence electrons. The number of aromatic carboxylic acids is 1. The maximum Gasteiger partial charge on any atom is 0.336 e. The fourth-order valence-corrected chi connectivity index (χ4v) is 4.03. The quantitative estimate of drug-likeness (QED) is 0.802. The molecule has 0 saturated heterocycles. The van der Waals surface area contributed by atoms with Gasteiger partial charge >= 0.3 is 5.97 Å². The third-order valence-electron chi connectivity index (χ3n) is 5.12. The minimum absolute atomic E-state index is 0.169. The zero-order valence-electron chi connectivity index (χ0n) is 13.0. The van der Waals surface area contributed by atoms with Gasteiger partial charge in [0.05, 0.1) is 11.6 Å². The Morgan fingerprint density at radius 2 is 1.96 bits per heavy atom. The summed E-state index contributed by atoms with van der Waals surface area (Å²) in [6.45, 7) is 2.04. The molecule has 2 aromatic rings. The maximum absolute atomic E-state index is 11.7. The molecule has 0 amide bonds. The van der Waals surface area contributed by atoms with Gasteiger partial charge in [-0.15, -0.1) is 0 Å². The number of allylic oxidation sites excluding steroid dienone is 2. The summed E-state index contributed by atoms with van der Waals surface area (Å²) in [6, 6.07) is 14.3. The molecule has 3 heteroatoms. The molecule has 23 heavy (non-hydrogen) atoms. The van der Waals surface area contributed by atoms with Crippen molar-refractivity contribution in [3.8, 4) is 0 Å². The SMILES string of the molecule is Cc1ccc(C(=O)O)c2c1NC(c1ccccc1)C1CC=CC21. The second-order valence-electron chi connectivity index (χ2n) is 6.41. The van der Waals surface area contributed by atoms with Gasteiger partial charge in [0.2, 0.25) is 0 Å². The second kappa shape index (κ2) is 5.27. The highest BCUT2D eigenvalue weighted by molar-refractivity contribution is 5.93. The van der Waals surface area contributed by atoms with Crippen LogP contribution >= 0.6 is 0 Å². The molecular formula is C20H19NO2. The van der Waals surface area contributed by atoms with Gasteiger partial charge in [-0.1, -0.05) is 48.6 Å². The Bertz CT molecular complexity index is 795. The summed E-state index contributed by atoms with van der Waals surface area (Å²) in [5.41, 5.74) is 4.72. The number of carboxylic acids is 1. The molecule has 3 unspecified atom stereocenters. The number of carbonyl (C=O) groups is 1. The van der Waals surface area contributed by atoms with Crippen molar-refractivity contribution in [2.24, 2.45) is 5.92 Å². The Kier molecular flexibility index (Phi) is 3.22. The number of aryl methyl sites for hydroxylation is 1. The van der Waals surface area contributed by atoms with E-state index in [-0.39, 0.29) is 12.0 Å². The first-order chi connectivity index (χ1) is 11.2. The molecule has 3 nitrogen and oxygen atoms in total. The molecule has 2 N–H and O–H groups in total. The van der Waals surface area contributed by atoms with E-state index in [9.17, 15) is 9.90 Å². The highest BCUT2D eigenvalue weighted by Gasteiger charge is 2.40. The largest absolute Gasteiger partial charge is 0.478 e. The normalized spacial score (nSPS) is 24.7. The minimum atomic E-state index is -0.847. The van der Waals surface area contributed by atoms with Crippen molar-refractivity contribution < 1.29 is 9.90 Å². The van der Waals surface area contributed by atoms with E-state index >= 15 is 0 Å². The van der Waals surface area contributed by atoms with Crippen LogP contribution in [-0.4, -0.2) is 11.1 Å². The van der Waals surface area contributed by atoms with Crippen LogP contribution in [0.1, 0.15) is 45.4 Å². The van der Waals surface area contributed by atoms with E-state index in [1.165, 1.54) is 5.56 Å². The van der Waals surface area contributed by atoms with Crippen LogP contribution in [0, 0.1) is 12.8 Å². The molecule has 0 radical (unpaired) electrons. The van der Waals surface area contributed by atoms with Crippen molar-refractivity contribution in [1.82, 2.24) is 0 Å². The van der Waals surface area contributed by atoms with Crippen LogP contribution in [0.2, 0.25) is 0 Å². The molecule has 1 heterocycles. The first kappa shape index (κ1) is 14.1. The van der Waals surface area contributed by atoms with Gasteiger partial charge in [-0.05, 0) is 42.0 Å². The predicted molar refractivity (Wildman–Crippen MR) is 90.9 cm³/mol. The average molecular weight is 305 g/mol. The monoisotopic (exact) mass is 305 g/mol. The first-order valence-corrected chi connectivity index (χ1v) is 8.01. The van der Waals surface area contributed by atoms with E-state index in [0.29, 0.717) is 11.5 Å². The Hall–Kier alpha value is -2.55. The Morgan fingerprint density at radius 3 is 2.70 bits per heavy atom. The molecular weight excluding hydrogens is 286 g/mol. The molecule has 2 aliphatic rings. The third kappa shape index (κ3) is 2.15. The topological polar surface area (TPSA) is 49.3 Å². The van der Waals surface area contributed by atoms with Gasteiger partial charge in [0.1, 0.15) is 0 Å². The molecule has 1 aliphatic carbocycles. The Morgan fingerprint density at radius 1 is 1.17 bits per heavy atom. The fraction of sp³-hybridized carbons (Fsp3) is 0.250.